The molecule has 0 spiro atoms. The maximum atomic E-state index is 11.8. The normalized spacial score (nSPS) is 34.5. The van der Waals surface area contributed by atoms with E-state index >= 15 is 0 Å². The van der Waals surface area contributed by atoms with Gasteiger partial charge in [0.2, 0.25) is 5.91 Å². The standard InChI is InChI=1S/C29H49NO/c1-4-5-6-7-23-10-16-26(17-11-23)27-18-12-24(13-19-27)8-9-25-14-20-28(21-15-25)30-29(31)22(2)3/h8-9,23-28H,2,4-7,10-21H2,1,3H3,(H,30,31)/b9-8+. The first-order valence-corrected chi connectivity index (χ1v) is 13.7. The molecule has 0 aromatic carbocycles. The Morgan fingerprint density at radius 3 is 1.84 bits per heavy atom. The molecule has 0 radical (unpaired) electrons. The lowest BCUT2D eigenvalue weighted by Crippen LogP contribution is -2.37. The second-order valence-electron chi connectivity index (χ2n) is 11.2. The van der Waals surface area contributed by atoms with Crippen molar-refractivity contribution in [1.29, 1.82) is 0 Å². The number of nitrogens with one attached hydrogen (secondary N) is 1. The number of carbonyl (C=O) groups is 1. The molecule has 0 aromatic heterocycles. The average molecular weight is 428 g/mol. The first-order valence-electron chi connectivity index (χ1n) is 13.7. The van der Waals surface area contributed by atoms with E-state index in [0.29, 0.717) is 11.6 Å². The van der Waals surface area contributed by atoms with Crippen molar-refractivity contribution in [2.45, 2.75) is 123 Å². The lowest BCUT2D eigenvalue weighted by molar-refractivity contribution is -0.118. The molecule has 3 rings (SSSR count). The van der Waals surface area contributed by atoms with Gasteiger partial charge in [0.15, 0.2) is 0 Å². The fourth-order valence-corrected chi connectivity index (χ4v) is 6.52. The minimum atomic E-state index is 0.0285. The molecule has 3 aliphatic rings. The molecule has 0 unspecified atom stereocenters. The largest absolute Gasteiger partial charge is 0.350 e. The monoisotopic (exact) mass is 427 g/mol. The number of unbranched alkanes of at least 4 members (excludes halogenated alkanes) is 2. The minimum Gasteiger partial charge on any atom is -0.350 e. The predicted octanol–water partition coefficient (Wildman–Crippen LogP) is 7.99. The fraction of sp³-hybridized carbons (Fsp3) is 0.828. The summed E-state index contributed by atoms with van der Waals surface area (Å²) in [5, 5.41) is 3.13. The summed E-state index contributed by atoms with van der Waals surface area (Å²) in [6, 6.07) is 0.353. The van der Waals surface area contributed by atoms with Gasteiger partial charge in [-0.25, -0.2) is 0 Å². The van der Waals surface area contributed by atoms with E-state index in [0.717, 1.165) is 42.4 Å². The number of carbonyl (C=O) groups excluding carboxylic acids is 1. The van der Waals surface area contributed by atoms with Crippen molar-refractivity contribution in [1.82, 2.24) is 5.32 Å². The average Bonchev–Trinajstić information content (AvgIpc) is 2.79. The van der Waals surface area contributed by atoms with Gasteiger partial charge in [0, 0.05) is 11.6 Å². The van der Waals surface area contributed by atoms with Crippen molar-refractivity contribution < 1.29 is 4.79 Å². The van der Waals surface area contributed by atoms with Gasteiger partial charge in [0.05, 0.1) is 0 Å². The van der Waals surface area contributed by atoms with Crippen LogP contribution >= 0.6 is 0 Å². The van der Waals surface area contributed by atoms with Gasteiger partial charge in [-0.05, 0) is 101 Å². The SMILES string of the molecule is C=C(C)C(=O)NC1CCC(/C=C/C2CCC(C3CCC(CCCCC)CC3)CC2)CC1. The zero-order valence-corrected chi connectivity index (χ0v) is 20.5. The van der Waals surface area contributed by atoms with Crippen LogP contribution in [0.25, 0.3) is 0 Å². The number of hydrogen-bond donors (Lipinski definition) is 1. The van der Waals surface area contributed by atoms with E-state index in [4.69, 9.17) is 0 Å². The van der Waals surface area contributed by atoms with Crippen LogP contribution in [0.2, 0.25) is 0 Å². The highest BCUT2D eigenvalue weighted by atomic mass is 16.1. The van der Waals surface area contributed by atoms with Crippen LogP contribution in [0.5, 0.6) is 0 Å². The van der Waals surface area contributed by atoms with Crippen molar-refractivity contribution in [3.05, 3.63) is 24.3 Å². The summed E-state index contributed by atoms with van der Waals surface area (Å²) in [4.78, 5) is 11.8. The van der Waals surface area contributed by atoms with Gasteiger partial charge in [-0.3, -0.25) is 4.79 Å². The van der Waals surface area contributed by atoms with Crippen LogP contribution in [0.4, 0.5) is 0 Å². The summed E-state index contributed by atoms with van der Waals surface area (Å²) < 4.78 is 0. The van der Waals surface area contributed by atoms with Crippen molar-refractivity contribution in [2.75, 3.05) is 0 Å². The van der Waals surface area contributed by atoms with Crippen molar-refractivity contribution in [2.24, 2.45) is 29.6 Å². The second-order valence-corrected chi connectivity index (χ2v) is 11.2. The first-order chi connectivity index (χ1) is 15.0. The Morgan fingerprint density at radius 2 is 1.32 bits per heavy atom. The van der Waals surface area contributed by atoms with E-state index in [9.17, 15) is 4.79 Å². The lowest BCUT2D eigenvalue weighted by Gasteiger charge is -2.37. The molecule has 0 saturated heterocycles. The van der Waals surface area contributed by atoms with Crippen LogP contribution in [-0.2, 0) is 4.79 Å². The molecule has 2 heteroatoms. The highest BCUT2D eigenvalue weighted by molar-refractivity contribution is 5.92. The molecular formula is C29H49NO. The van der Waals surface area contributed by atoms with Gasteiger partial charge in [-0.1, -0.05) is 64.2 Å². The lowest BCUT2D eigenvalue weighted by atomic mass is 9.68. The van der Waals surface area contributed by atoms with Crippen LogP contribution in [-0.4, -0.2) is 11.9 Å². The van der Waals surface area contributed by atoms with Crippen LogP contribution in [0.3, 0.4) is 0 Å². The number of rotatable bonds is 9. The molecule has 0 heterocycles. The molecule has 0 aliphatic heterocycles. The summed E-state index contributed by atoms with van der Waals surface area (Å²) in [5.41, 5.74) is 0.623. The molecule has 176 valence electrons. The van der Waals surface area contributed by atoms with E-state index in [1.807, 2.05) is 0 Å². The molecule has 0 aromatic rings. The predicted molar refractivity (Wildman–Crippen MR) is 133 cm³/mol. The van der Waals surface area contributed by atoms with Crippen molar-refractivity contribution >= 4 is 5.91 Å². The summed E-state index contributed by atoms with van der Waals surface area (Å²) in [7, 11) is 0. The third-order valence-electron chi connectivity index (χ3n) is 8.74. The third-order valence-corrected chi connectivity index (χ3v) is 8.74. The van der Waals surface area contributed by atoms with Crippen molar-refractivity contribution in [3.63, 3.8) is 0 Å². The van der Waals surface area contributed by atoms with E-state index in [1.165, 1.54) is 89.9 Å². The zero-order valence-electron chi connectivity index (χ0n) is 20.5. The molecule has 0 atom stereocenters. The molecule has 1 amide bonds. The highest BCUT2D eigenvalue weighted by Crippen LogP contribution is 2.42. The Morgan fingerprint density at radius 1 is 0.806 bits per heavy atom. The Hall–Kier alpha value is -1.05. The van der Waals surface area contributed by atoms with Gasteiger partial charge in [0.1, 0.15) is 0 Å². The molecule has 2 nitrogen and oxygen atoms in total. The Labute approximate surface area is 192 Å². The highest BCUT2D eigenvalue weighted by Gasteiger charge is 2.30. The molecule has 0 bridgehead atoms. The summed E-state index contributed by atoms with van der Waals surface area (Å²) >= 11 is 0. The van der Waals surface area contributed by atoms with E-state index in [-0.39, 0.29) is 5.91 Å². The minimum absolute atomic E-state index is 0.0285. The molecular weight excluding hydrogens is 378 g/mol. The molecule has 31 heavy (non-hydrogen) atoms. The van der Waals surface area contributed by atoms with Gasteiger partial charge >= 0.3 is 0 Å². The topological polar surface area (TPSA) is 29.1 Å². The van der Waals surface area contributed by atoms with Gasteiger partial charge in [0.25, 0.3) is 0 Å². The molecule has 3 aliphatic carbocycles. The maximum Gasteiger partial charge on any atom is 0.246 e. The van der Waals surface area contributed by atoms with Gasteiger partial charge in [-0.2, -0.15) is 0 Å². The van der Waals surface area contributed by atoms with E-state index in [2.05, 4.69) is 31.0 Å². The molecule has 1 N–H and O–H groups in total. The maximum absolute atomic E-state index is 11.8. The summed E-state index contributed by atoms with van der Waals surface area (Å²) in [5.74, 6) is 4.68. The Kier molecular flexibility index (Phi) is 10.2. The van der Waals surface area contributed by atoms with Gasteiger partial charge < -0.3 is 5.32 Å². The summed E-state index contributed by atoms with van der Waals surface area (Å²) in [6.07, 6.45) is 27.4. The van der Waals surface area contributed by atoms with E-state index < -0.39 is 0 Å². The molecule has 3 fully saturated rings. The van der Waals surface area contributed by atoms with Crippen LogP contribution in [0.1, 0.15) is 117 Å². The number of hydrogen-bond acceptors (Lipinski definition) is 1. The summed E-state index contributed by atoms with van der Waals surface area (Å²) in [6.45, 7) is 7.85. The molecule has 3 saturated carbocycles. The number of amides is 1. The number of allylic oxidation sites excluding steroid dienone is 2. The Balaban J connectivity index is 1.30. The smallest absolute Gasteiger partial charge is 0.246 e. The Bertz CT molecular complexity index is 570. The van der Waals surface area contributed by atoms with Crippen LogP contribution in [0.15, 0.2) is 24.3 Å². The van der Waals surface area contributed by atoms with E-state index in [1.54, 1.807) is 6.92 Å². The van der Waals surface area contributed by atoms with Crippen LogP contribution in [0, 0.1) is 29.6 Å². The van der Waals surface area contributed by atoms with Crippen molar-refractivity contribution in [3.8, 4) is 0 Å². The second kappa shape index (κ2) is 12.9. The first kappa shape index (κ1) is 24.6. The third kappa shape index (κ3) is 8.10. The zero-order chi connectivity index (χ0) is 22.1. The quantitative estimate of drug-likeness (QED) is 0.225. The fourth-order valence-electron chi connectivity index (χ4n) is 6.52. The van der Waals surface area contributed by atoms with Gasteiger partial charge in [-0.15, -0.1) is 0 Å². The van der Waals surface area contributed by atoms with Crippen LogP contribution < -0.4 is 5.32 Å².